The minimum absolute atomic E-state index is 0.134. The molecule has 96 valence electrons. The van der Waals surface area contributed by atoms with Crippen molar-refractivity contribution in [2.24, 2.45) is 0 Å². The highest BCUT2D eigenvalue weighted by Gasteiger charge is 2.10. The molecule has 0 saturated heterocycles. The molecule has 2 aromatic carbocycles. The summed E-state index contributed by atoms with van der Waals surface area (Å²) in [5.41, 5.74) is 0.769. The Morgan fingerprint density at radius 3 is 2.37 bits per heavy atom. The van der Waals surface area contributed by atoms with Crippen LogP contribution in [0.5, 0.6) is 0 Å². The fourth-order valence-corrected chi connectivity index (χ4v) is 1.65. The van der Waals surface area contributed by atoms with Gasteiger partial charge in [0.2, 0.25) is 0 Å². The molecule has 1 N–H and O–H groups in total. The zero-order chi connectivity index (χ0) is 13.8. The van der Waals surface area contributed by atoms with E-state index in [1.165, 1.54) is 0 Å². The lowest BCUT2D eigenvalue weighted by Crippen LogP contribution is -2.04. The van der Waals surface area contributed by atoms with Crippen LogP contribution in [-0.4, -0.2) is 0 Å². The summed E-state index contributed by atoms with van der Waals surface area (Å²) in [6, 6.07) is 9.81. The zero-order valence-corrected chi connectivity index (χ0v) is 9.75. The molecule has 5 heteroatoms. The minimum atomic E-state index is -0.992. The number of benzene rings is 2. The average Bonchev–Trinajstić information content (AvgIpc) is 2.37. The molecule has 0 saturated carbocycles. The quantitative estimate of drug-likeness (QED) is 0.917. The summed E-state index contributed by atoms with van der Waals surface area (Å²) in [5.74, 6) is -2.95. The van der Waals surface area contributed by atoms with Crippen LogP contribution < -0.4 is 5.32 Å². The van der Waals surface area contributed by atoms with E-state index in [9.17, 15) is 13.2 Å². The van der Waals surface area contributed by atoms with Gasteiger partial charge < -0.3 is 5.32 Å². The minimum Gasteiger partial charge on any atom is -0.376 e. The third kappa shape index (κ3) is 3.05. The molecule has 0 aromatic heterocycles. The number of hydrogen-bond donors (Lipinski definition) is 1. The van der Waals surface area contributed by atoms with E-state index in [2.05, 4.69) is 5.32 Å². The second kappa shape index (κ2) is 5.44. The van der Waals surface area contributed by atoms with Crippen molar-refractivity contribution in [2.45, 2.75) is 6.54 Å². The summed E-state index contributed by atoms with van der Waals surface area (Å²) in [4.78, 5) is 0. The van der Waals surface area contributed by atoms with E-state index in [0.717, 1.165) is 0 Å². The fraction of sp³-hybridized carbons (Fsp3) is 0.0714. The highest BCUT2D eigenvalue weighted by Crippen LogP contribution is 2.21. The molecule has 0 amide bonds. The van der Waals surface area contributed by atoms with Crippen LogP contribution in [0, 0.1) is 28.8 Å². The summed E-state index contributed by atoms with van der Waals surface area (Å²) in [6.07, 6.45) is 0. The first-order valence-electron chi connectivity index (χ1n) is 5.47. The second-order valence-corrected chi connectivity index (χ2v) is 3.91. The van der Waals surface area contributed by atoms with Gasteiger partial charge in [-0.25, -0.2) is 13.2 Å². The van der Waals surface area contributed by atoms with Gasteiger partial charge >= 0.3 is 0 Å². The van der Waals surface area contributed by atoms with E-state index in [4.69, 9.17) is 5.26 Å². The molecule has 19 heavy (non-hydrogen) atoms. The van der Waals surface area contributed by atoms with Crippen LogP contribution in [0.3, 0.4) is 0 Å². The van der Waals surface area contributed by atoms with Crippen molar-refractivity contribution in [1.29, 1.82) is 5.26 Å². The highest BCUT2D eigenvalue weighted by molar-refractivity contribution is 5.47. The maximum atomic E-state index is 13.4. The number of halogens is 3. The first-order valence-corrected chi connectivity index (χ1v) is 5.47. The molecule has 0 atom stereocenters. The Morgan fingerprint density at radius 1 is 1.05 bits per heavy atom. The van der Waals surface area contributed by atoms with Crippen LogP contribution in [-0.2, 0) is 6.54 Å². The Balaban J connectivity index is 2.17. The largest absolute Gasteiger partial charge is 0.376 e. The molecule has 0 aliphatic heterocycles. The van der Waals surface area contributed by atoms with Gasteiger partial charge in [-0.1, -0.05) is 12.1 Å². The highest BCUT2D eigenvalue weighted by atomic mass is 19.1. The first-order chi connectivity index (χ1) is 9.10. The van der Waals surface area contributed by atoms with E-state index >= 15 is 0 Å². The Bertz CT molecular complexity index is 624. The van der Waals surface area contributed by atoms with Gasteiger partial charge in [-0.15, -0.1) is 0 Å². The first kappa shape index (κ1) is 13.0. The Kier molecular flexibility index (Phi) is 3.71. The Morgan fingerprint density at radius 2 is 1.74 bits per heavy atom. The summed E-state index contributed by atoms with van der Waals surface area (Å²) in [6.45, 7) is 0.134. The molecule has 2 rings (SSSR count). The molecular weight excluding hydrogens is 253 g/mol. The van der Waals surface area contributed by atoms with E-state index in [1.54, 1.807) is 24.3 Å². The summed E-state index contributed by atoms with van der Waals surface area (Å²) >= 11 is 0. The fourth-order valence-electron chi connectivity index (χ4n) is 1.65. The summed E-state index contributed by atoms with van der Waals surface area (Å²) in [7, 11) is 0. The van der Waals surface area contributed by atoms with Gasteiger partial charge in [0, 0.05) is 18.7 Å². The number of nitrogens with zero attached hydrogens (tertiary/aromatic N) is 1. The van der Waals surface area contributed by atoms with Gasteiger partial charge in [0.25, 0.3) is 0 Å². The molecule has 0 fully saturated rings. The maximum absolute atomic E-state index is 13.4. The Labute approximate surface area is 108 Å². The van der Waals surface area contributed by atoms with Crippen LogP contribution in [0.1, 0.15) is 11.1 Å². The number of hydrogen-bond acceptors (Lipinski definition) is 2. The molecule has 0 aliphatic rings. The smallest absolute Gasteiger partial charge is 0.152 e. The van der Waals surface area contributed by atoms with Crippen molar-refractivity contribution in [1.82, 2.24) is 0 Å². The topological polar surface area (TPSA) is 35.8 Å². The number of anilines is 1. The molecule has 0 radical (unpaired) electrons. The maximum Gasteiger partial charge on any atom is 0.152 e. The van der Waals surface area contributed by atoms with Crippen LogP contribution >= 0.6 is 0 Å². The third-order valence-electron chi connectivity index (χ3n) is 2.53. The molecule has 0 unspecified atom stereocenters. The van der Waals surface area contributed by atoms with E-state index in [-0.39, 0.29) is 12.2 Å². The molecule has 0 aliphatic carbocycles. The van der Waals surface area contributed by atoms with Crippen molar-refractivity contribution >= 4 is 5.69 Å². The average molecular weight is 262 g/mol. The molecule has 0 spiro atoms. The SMILES string of the molecule is N#Cc1cccc(CNc2c(F)cc(F)cc2F)c1. The van der Waals surface area contributed by atoms with Crippen molar-refractivity contribution in [3.63, 3.8) is 0 Å². The summed E-state index contributed by atoms with van der Waals surface area (Å²) < 4.78 is 39.5. The van der Waals surface area contributed by atoms with Crippen LogP contribution in [0.15, 0.2) is 36.4 Å². The molecule has 2 aromatic rings. The predicted octanol–water partition coefficient (Wildman–Crippen LogP) is 3.59. The van der Waals surface area contributed by atoms with Gasteiger partial charge in [-0.2, -0.15) is 5.26 Å². The lowest BCUT2D eigenvalue weighted by molar-refractivity contribution is 0.547. The van der Waals surface area contributed by atoms with Gasteiger partial charge in [-0.05, 0) is 17.7 Å². The van der Waals surface area contributed by atoms with Gasteiger partial charge in [-0.3, -0.25) is 0 Å². The lowest BCUT2D eigenvalue weighted by atomic mass is 10.1. The third-order valence-corrected chi connectivity index (χ3v) is 2.53. The van der Waals surface area contributed by atoms with E-state index in [0.29, 0.717) is 23.3 Å². The van der Waals surface area contributed by atoms with Gasteiger partial charge in [0.15, 0.2) is 11.6 Å². The molecular formula is C14H9F3N2. The van der Waals surface area contributed by atoms with Gasteiger partial charge in [0.05, 0.1) is 11.6 Å². The lowest BCUT2D eigenvalue weighted by Gasteiger charge is -2.09. The normalized spacial score (nSPS) is 10.0. The number of rotatable bonds is 3. The predicted molar refractivity (Wildman–Crippen MR) is 64.8 cm³/mol. The van der Waals surface area contributed by atoms with Crippen molar-refractivity contribution in [3.8, 4) is 6.07 Å². The van der Waals surface area contributed by atoms with E-state index < -0.39 is 17.5 Å². The van der Waals surface area contributed by atoms with Crippen LogP contribution in [0.4, 0.5) is 18.9 Å². The number of nitriles is 1. The second-order valence-electron chi connectivity index (χ2n) is 3.91. The van der Waals surface area contributed by atoms with Crippen molar-refractivity contribution in [2.75, 3.05) is 5.32 Å². The van der Waals surface area contributed by atoms with Crippen LogP contribution in [0.2, 0.25) is 0 Å². The van der Waals surface area contributed by atoms with Crippen molar-refractivity contribution < 1.29 is 13.2 Å². The molecule has 0 heterocycles. The van der Waals surface area contributed by atoms with Gasteiger partial charge in [0.1, 0.15) is 11.5 Å². The summed E-state index contributed by atoms with van der Waals surface area (Å²) in [5, 5.41) is 11.3. The van der Waals surface area contributed by atoms with E-state index in [1.807, 2.05) is 6.07 Å². The van der Waals surface area contributed by atoms with Crippen molar-refractivity contribution in [3.05, 3.63) is 65.0 Å². The standard InChI is InChI=1S/C14H9F3N2/c15-11-5-12(16)14(13(17)6-11)19-8-10-3-1-2-9(4-10)7-18/h1-6,19H,8H2. The molecule has 2 nitrogen and oxygen atoms in total. The zero-order valence-electron chi connectivity index (χ0n) is 9.75. The number of nitrogens with one attached hydrogen (secondary N) is 1. The molecule has 0 bridgehead atoms. The monoisotopic (exact) mass is 262 g/mol. The van der Waals surface area contributed by atoms with Crippen LogP contribution in [0.25, 0.3) is 0 Å². The Hall–Kier alpha value is -2.48.